The van der Waals surface area contributed by atoms with Gasteiger partial charge in [-0.1, -0.05) is 31.9 Å². The molecule has 2 unspecified atom stereocenters. The van der Waals surface area contributed by atoms with Crippen LogP contribution in [-0.2, 0) is 13.6 Å². The normalized spacial score (nSPS) is 22.7. The van der Waals surface area contributed by atoms with Crippen LogP contribution in [0.3, 0.4) is 0 Å². The van der Waals surface area contributed by atoms with Crippen molar-refractivity contribution in [3.63, 3.8) is 0 Å². The Labute approximate surface area is 121 Å². The van der Waals surface area contributed by atoms with Gasteiger partial charge in [0.1, 0.15) is 0 Å². The van der Waals surface area contributed by atoms with Crippen molar-refractivity contribution >= 4 is 11.6 Å². The Morgan fingerprint density at radius 3 is 2.84 bits per heavy atom. The van der Waals surface area contributed by atoms with Gasteiger partial charge in [-0.3, -0.25) is 9.58 Å². The quantitative estimate of drug-likeness (QED) is 0.920. The molecular formula is C14H25ClN4. The lowest BCUT2D eigenvalue weighted by Gasteiger charge is -2.39. The molecule has 1 aromatic rings. The molecule has 5 heteroatoms. The van der Waals surface area contributed by atoms with Gasteiger partial charge in [0, 0.05) is 39.3 Å². The molecule has 1 N–H and O–H groups in total. The number of aromatic nitrogens is 2. The first-order chi connectivity index (χ1) is 9.04. The lowest BCUT2D eigenvalue weighted by molar-refractivity contribution is 0.106. The smallest absolute Gasteiger partial charge is 0.0860 e. The fraction of sp³-hybridized carbons (Fsp3) is 0.786. The lowest BCUT2D eigenvalue weighted by Crippen LogP contribution is -2.53. The van der Waals surface area contributed by atoms with E-state index in [-0.39, 0.29) is 0 Å². The number of hydrogen-bond donors (Lipinski definition) is 1. The SMILES string of the molecule is CCC(C)C1CNCCN1Cc1c(Cl)c(C)nn1C. The van der Waals surface area contributed by atoms with Crippen molar-refractivity contribution in [2.24, 2.45) is 13.0 Å². The van der Waals surface area contributed by atoms with Crippen molar-refractivity contribution in [3.8, 4) is 0 Å². The second-order valence-electron chi connectivity index (χ2n) is 5.60. The molecule has 0 amide bonds. The number of aryl methyl sites for hydroxylation is 2. The molecule has 19 heavy (non-hydrogen) atoms. The molecule has 2 atom stereocenters. The molecule has 1 fully saturated rings. The molecule has 1 aliphatic rings. The van der Waals surface area contributed by atoms with Crippen LogP contribution in [-0.4, -0.2) is 40.4 Å². The highest BCUT2D eigenvalue weighted by Gasteiger charge is 2.27. The van der Waals surface area contributed by atoms with Crippen LogP contribution in [0.15, 0.2) is 0 Å². The van der Waals surface area contributed by atoms with Crippen molar-refractivity contribution in [2.75, 3.05) is 19.6 Å². The number of piperazine rings is 1. The zero-order valence-corrected chi connectivity index (χ0v) is 13.2. The summed E-state index contributed by atoms with van der Waals surface area (Å²) < 4.78 is 1.92. The van der Waals surface area contributed by atoms with E-state index in [1.807, 2.05) is 18.7 Å². The van der Waals surface area contributed by atoms with E-state index in [9.17, 15) is 0 Å². The van der Waals surface area contributed by atoms with Gasteiger partial charge in [0.25, 0.3) is 0 Å². The Balaban J connectivity index is 2.15. The van der Waals surface area contributed by atoms with Crippen molar-refractivity contribution in [2.45, 2.75) is 39.8 Å². The molecule has 108 valence electrons. The minimum absolute atomic E-state index is 0.588. The van der Waals surface area contributed by atoms with Crippen LogP contribution in [0.5, 0.6) is 0 Å². The Hall–Kier alpha value is -0.580. The van der Waals surface area contributed by atoms with E-state index in [2.05, 4.69) is 29.2 Å². The zero-order valence-electron chi connectivity index (χ0n) is 12.4. The highest BCUT2D eigenvalue weighted by atomic mass is 35.5. The summed E-state index contributed by atoms with van der Waals surface area (Å²) in [6, 6.07) is 0.588. The van der Waals surface area contributed by atoms with E-state index in [1.54, 1.807) is 0 Å². The maximum Gasteiger partial charge on any atom is 0.0860 e. The van der Waals surface area contributed by atoms with E-state index in [0.717, 1.165) is 42.6 Å². The van der Waals surface area contributed by atoms with Gasteiger partial charge in [-0.2, -0.15) is 5.10 Å². The third kappa shape index (κ3) is 3.12. The molecule has 0 saturated carbocycles. The average Bonchev–Trinajstić information content (AvgIpc) is 2.65. The highest BCUT2D eigenvalue weighted by Crippen LogP contribution is 2.24. The Morgan fingerprint density at radius 1 is 1.53 bits per heavy atom. The van der Waals surface area contributed by atoms with Gasteiger partial charge in [-0.25, -0.2) is 0 Å². The van der Waals surface area contributed by atoms with Crippen molar-refractivity contribution in [1.82, 2.24) is 20.0 Å². The minimum Gasteiger partial charge on any atom is -0.314 e. The summed E-state index contributed by atoms with van der Waals surface area (Å²) >= 11 is 6.37. The molecule has 0 bridgehead atoms. The summed E-state index contributed by atoms with van der Waals surface area (Å²) in [5, 5.41) is 8.73. The van der Waals surface area contributed by atoms with Crippen molar-refractivity contribution < 1.29 is 0 Å². The summed E-state index contributed by atoms with van der Waals surface area (Å²) in [5.74, 6) is 0.695. The van der Waals surface area contributed by atoms with Crippen LogP contribution in [0.2, 0.25) is 5.02 Å². The largest absolute Gasteiger partial charge is 0.314 e. The molecule has 2 rings (SSSR count). The monoisotopic (exact) mass is 284 g/mol. The van der Waals surface area contributed by atoms with E-state index in [0.29, 0.717) is 12.0 Å². The maximum atomic E-state index is 6.37. The third-order valence-corrected chi connectivity index (χ3v) is 4.81. The average molecular weight is 285 g/mol. The number of hydrogen-bond acceptors (Lipinski definition) is 3. The molecule has 1 aliphatic heterocycles. The Morgan fingerprint density at radius 2 is 2.26 bits per heavy atom. The highest BCUT2D eigenvalue weighted by molar-refractivity contribution is 6.31. The first kappa shape index (κ1) is 14.8. The predicted octanol–water partition coefficient (Wildman–Crippen LogP) is 2.20. The predicted molar refractivity (Wildman–Crippen MR) is 79.5 cm³/mol. The topological polar surface area (TPSA) is 33.1 Å². The summed E-state index contributed by atoms with van der Waals surface area (Å²) in [7, 11) is 1.98. The molecule has 4 nitrogen and oxygen atoms in total. The van der Waals surface area contributed by atoms with Gasteiger partial charge in [-0.05, 0) is 12.8 Å². The van der Waals surface area contributed by atoms with E-state index >= 15 is 0 Å². The number of halogens is 1. The molecular weight excluding hydrogens is 260 g/mol. The van der Waals surface area contributed by atoms with Gasteiger partial charge in [0.15, 0.2) is 0 Å². The number of rotatable bonds is 4. The van der Waals surface area contributed by atoms with Gasteiger partial charge in [0.2, 0.25) is 0 Å². The Kier molecular flexibility index (Phi) is 4.87. The van der Waals surface area contributed by atoms with Gasteiger partial charge in [-0.15, -0.1) is 0 Å². The zero-order chi connectivity index (χ0) is 14.0. The summed E-state index contributed by atoms with van der Waals surface area (Å²) in [4.78, 5) is 2.55. The second-order valence-corrected chi connectivity index (χ2v) is 5.98. The van der Waals surface area contributed by atoms with E-state index in [1.165, 1.54) is 6.42 Å². The standard InChI is InChI=1S/C14H25ClN4/c1-5-10(2)12-8-16-6-7-19(12)9-13-14(15)11(3)17-18(13)4/h10,12,16H,5-9H2,1-4H3. The van der Waals surface area contributed by atoms with Crippen molar-refractivity contribution in [1.29, 1.82) is 0 Å². The third-order valence-electron chi connectivity index (χ3n) is 4.31. The summed E-state index contributed by atoms with van der Waals surface area (Å²) in [5.41, 5.74) is 2.06. The molecule has 0 aromatic carbocycles. The van der Waals surface area contributed by atoms with Gasteiger partial charge in [0.05, 0.1) is 16.4 Å². The van der Waals surface area contributed by atoms with Crippen LogP contribution in [0.1, 0.15) is 31.7 Å². The van der Waals surface area contributed by atoms with Gasteiger partial charge >= 0.3 is 0 Å². The van der Waals surface area contributed by atoms with E-state index in [4.69, 9.17) is 11.6 Å². The minimum atomic E-state index is 0.588. The first-order valence-corrected chi connectivity index (χ1v) is 7.55. The molecule has 2 heterocycles. The van der Waals surface area contributed by atoms with Crippen LogP contribution in [0.25, 0.3) is 0 Å². The maximum absolute atomic E-state index is 6.37. The molecule has 1 aromatic heterocycles. The fourth-order valence-corrected chi connectivity index (χ4v) is 3.06. The van der Waals surface area contributed by atoms with Crippen LogP contribution in [0.4, 0.5) is 0 Å². The van der Waals surface area contributed by atoms with Crippen LogP contribution < -0.4 is 5.32 Å². The molecule has 1 saturated heterocycles. The number of nitrogens with zero attached hydrogens (tertiary/aromatic N) is 3. The second kappa shape index (κ2) is 6.25. The van der Waals surface area contributed by atoms with Crippen LogP contribution >= 0.6 is 11.6 Å². The van der Waals surface area contributed by atoms with Gasteiger partial charge < -0.3 is 5.32 Å². The first-order valence-electron chi connectivity index (χ1n) is 7.17. The van der Waals surface area contributed by atoms with Crippen molar-refractivity contribution in [3.05, 3.63) is 16.4 Å². The molecule has 0 radical (unpaired) electrons. The summed E-state index contributed by atoms with van der Waals surface area (Å²) in [6.07, 6.45) is 1.21. The Bertz CT molecular complexity index is 429. The fourth-order valence-electron chi connectivity index (χ4n) is 2.84. The molecule has 0 aliphatic carbocycles. The molecule has 0 spiro atoms. The van der Waals surface area contributed by atoms with E-state index < -0.39 is 0 Å². The summed E-state index contributed by atoms with van der Waals surface area (Å²) in [6.45, 7) is 10.7. The lowest BCUT2D eigenvalue weighted by atomic mass is 9.96. The number of nitrogens with one attached hydrogen (secondary N) is 1. The van der Waals surface area contributed by atoms with Crippen LogP contribution in [0, 0.1) is 12.8 Å².